The first kappa shape index (κ1) is 14.1. The largest absolute Gasteiger partial charge is 0.367 e. The third kappa shape index (κ3) is 2.64. The van der Waals surface area contributed by atoms with Gasteiger partial charge in [0, 0.05) is 18.9 Å². The number of ether oxygens (including phenoxy) is 1. The van der Waals surface area contributed by atoms with Crippen LogP contribution in [0.4, 0.5) is 5.82 Å². The van der Waals surface area contributed by atoms with Crippen LogP contribution in [-0.2, 0) is 10.3 Å². The molecule has 1 unspecified atom stereocenters. The molecule has 0 aliphatic carbocycles. The van der Waals surface area contributed by atoms with Crippen molar-refractivity contribution >= 4 is 17.0 Å². The number of pyridine rings is 1. The molecule has 1 atom stereocenters. The predicted molar refractivity (Wildman–Crippen MR) is 89.3 cm³/mol. The van der Waals surface area contributed by atoms with Gasteiger partial charge in [0.05, 0.1) is 13.2 Å². The number of hydrogen-bond donors (Lipinski definition) is 0. The molecule has 0 N–H and O–H groups in total. The van der Waals surface area contributed by atoms with Crippen LogP contribution < -0.4 is 4.90 Å². The molecule has 0 amide bonds. The van der Waals surface area contributed by atoms with Crippen LogP contribution in [0.5, 0.6) is 0 Å². The third-order valence-corrected chi connectivity index (χ3v) is 4.30. The molecule has 23 heavy (non-hydrogen) atoms. The SMILES string of the molecule is CC1(c2ccccc2)CN(c2ccc3nccnc3n2)CCO1. The molecular formula is C18H18N4O. The van der Waals surface area contributed by atoms with E-state index in [0.29, 0.717) is 12.3 Å². The monoisotopic (exact) mass is 306 g/mol. The summed E-state index contributed by atoms with van der Waals surface area (Å²) >= 11 is 0. The molecule has 1 aliphatic rings. The summed E-state index contributed by atoms with van der Waals surface area (Å²) in [4.78, 5) is 15.5. The quantitative estimate of drug-likeness (QED) is 0.728. The average molecular weight is 306 g/mol. The summed E-state index contributed by atoms with van der Waals surface area (Å²) in [6.07, 6.45) is 3.36. The number of rotatable bonds is 2. The van der Waals surface area contributed by atoms with Crippen LogP contribution in [0.2, 0.25) is 0 Å². The number of aromatic nitrogens is 3. The Labute approximate surface area is 135 Å². The highest BCUT2D eigenvalue weighted by atomic mass is 16.5. The third-order valence-electron chi connectivity index (χ3n) is 4.30. The van der Waals surface area contributed by atoms with Crippen molar-refractivity contribution in [2.24, 2.45) is 0 Å². The zero-order chi connectivity index (χ0) is 15.7. The number of hydrogen-bond acceptors (Lipinski definition) is 5. The maximum atomic E-state index is 6.09. The predicted octanol–water partition coefficient (Wildman–Crippen LogP) is 2.78. The molecule has 2 aromatic heterocycles. The molecule has 1 saturated heterocycles. The van der Waals surface area contributed by atoms with Gasteiger partial charge in [0.2, 0.25) is 0 Å². The molecule has 3 heterocycles. The van der Waals surface area contributed by atoms with Crippen LogP contribution in [0.3, 0.4) is 0 Å². The molecule has 0 spiro atoms. The van der Waals surface area contributed by atoms with Crippen LogP contribution in [0.1, 0.15) is 12.5 Å². The van der Waals surface area contributed by atoms with E-state index in [4.69, 9.17) is 4.74 Å². The highest BCUT2D eigenvalue weighted by Gasteiger charge is 2.34. The smallest absolute Gasteiger partial charge is 0.180 e. The van der Waals surface area contributed by atoms with Crippen molar-refractivity contribution in [3.05, 3.63) is 60.4 Å². The topological polar surface area (TPSA) is 51.1 Å². The van der Waals surface area contributed by atoms with E-state index in [1.54, 1.807) is 12.4 Å². The molecule has 116 valence electrons. The van der Waals surface area contributed by atoms with Crippen LogP contribution >= 0.6 is 0 Å². The van der Waals surface area contributed by atoms with Gasteiger partial charge in [-0.3, -0.25) is 4.98 Å². The Balaban J connectivity index is 1.66. The number of benzene rings is 1. The highest BCUT2D eigenvalue weighted by Crippen LogP contribution is 2.31. The zero-order valence-corrected chi connectivity index (χ0v) is 13.0. The number of fused-ring (bicyclic) bond motifs is 1. The molecule has 0 radical (unpaired) electrons. The van der Waals surface area contributed by atoms with Crippen LogP contribution in [0, 0.1) is 0 Å². The first-order valence-corrected chi connectivity index (χ1v) is 7.77. The zero-order valence-electron chi connectivity index (χ0n) is 13.0. The Hall–Kier alpha value is -2.53. The van der Waals surface area contributed by atoms with E-state index in [9.17, 15) is 0 Å². The van der Waals surface area contributed by atoms with Gasteiger partial charge in [0.1, 0.15) is 16.9 Å². The molecule has 1 aromatic carbocycles. The summed E-state index contributed by atoms with van der Waals surface area (Å²) in [6.45, 7) is 4.39. The fourth-order valence-electron chi connectivity index (χ4n) is 3.05. The van der Waals surface area contributed by atoms with E-state index < -0.39 is 0 Å². The van der Waals surface area contributed by atoms with Gasteiger partial charge in [-0.05, 0) is 24.6 Å². The molecule has 1 aliphatic heterocycles. The van der Waals surface area contributed by atoms with E-state index in [-0.39, 0.29) is 5.60 Å². The Morgan fingerprint density at radius 1 is 1.04 bits per heavy atom. The van der Waals surface area contributed by atoms with Crippen LogP contribution in [0.15, 0.2) is 54.9 Å². The fourth-order valence-corrected chi connectivity index (χ4v) is 3.05. The summed E-state index contributed by atoms with van der Waals surface area (Å²) < 4.78 is 6.09. The Kier molecular flexibility index (Phi) is 3.42. The van der Waals surface area contributed by atoms with Gasteiger partial charge in [0.15, 0.2) is 5.65 Å². The lowest BCUT2D eigenvalue weighted by molar-refractivity contribution is -0.0467. The summed E-state index contributed by atoms with van der Waals surface area (Å²) in [5, 5.41) is 0. The minimum Gasteiger partial charge on any atom is -0.367 e. The van der Waals surface area contributed by atoms with Gasteiger partial charge >= 0.3 is 0 Å². The molecule has 4 rings (SSSR count). The van der Waals surface area contributed by atoms with E-state index >= 15 is 0 Å². The molecule has 0 bridgehead atoms. The molecule has 3 aromatic rings. The maximum absolute atomic E-state index is 6.09. The van der Waals surface area contributed by atoms with Crippen molar-refractivity contribution in [2.45, 2.75) is 12.5 Å². The standard InChI is InChI=1S/C18H18N4O/c1-18(14-5-3-2-4-6-14)13-22(11-12-23-18)16-8-7-15-17(21-16)20-10-9-19-15/h2-10H,11-13H2,1H3. The fraction of sp³-hybridized carbons (Fsp3) is 0.278. The van der Waals surface area contributed by atoms with Gasteiger partial charge in [0.25, 0.3) is 0 Å². The highest BCUT2D eigenvalue weighted by molar-refractivity contribution is 5.71. The summed E-state index contributed by atoms with van der Waals surface area (Å²) in [5.74, 6) is 0.920. The van der Waals surface area contributed by atoms with Gasteiger partial charge in [-0.1, -0.05) is 30.3 Å². The Bertz CT molecular complexity index is 823. The maximum Gasteiger partial charge on any atom is 0.180 e. The first-order valence-electron chi connectivity index (χ1n) is 7.77. The second-order valence-electron chi connectivity index (χ2n) is 5.94. The Morgan fingerprint density at radius 3 is 2.74 bits per heavy atom. The number of anilines is 1. The minimum atomic E-state index is -0.335. The normalized spacial score (nSPS) is 21.5. The van der Waals surface area contributed by atoms with Crippen molar-refractivity contribution in [2.75, 3.05) is 24.6 Å². The van der Waals surface area contributed by atoms with Gasteiger partial charge < -0.3 is 9.64 Å². The van der Waals surface area contributed by atoms with Crippen molar-refractivity contribution in [1.82, 2.24) is 15.0 Å². The second kappa shape index (κ2) is 5.59. The molecule has 5 heteroatoms. The van der Waals surface area contributed by atoms with E-state index in [0.717, 1.165) is 24.4 Å². The Morgan fingerprint density at radius 2 is 1.87 bits per heavy atom. The summed E-state index contributed by atoms with van der Waals surface area (Å²) in [5.41, 5.74) is 2.34. The van der Waals surface area contributed by atoms with Crippen molar-refractivity contribution in [3.8, 4) is 0 Å². The van der Waals surface area contributed by atoms with Crippen molar-refractivity contribution in [1.29, 1.82) is 0 Å². The first-order chi connectivity index (χ1) is 11.2. The van der Waals surface area contributed by atoms with E-state index in [1.807, 2.05) is 30.3 Å². The molecule has 1 fully saturated rings. The van der Waals surface area contributed by atoms with Crippen molar-refractivity contribution in [3.63, 3.8) is 0 Å². The second-order valence-corrected chi connectivity index (χ2v) is 5.94. The van der Waals surface area contributed by atoms with Gasteiger partial charge in [-0.15, -0.1) is 0 Å². The van der Waals surface area contributed by atoms with Crippen LogP contribution in [-0.4, -0.2) is 34.6 Å². The van der Waals surface area contributed by atoms with Crippen molar-refractivity contribution < 1.29 is 4.74 Å². The summed E-state index contributed by atoms with van der Waals surface area (Å²) in [6, 6.07) is 14.3. The minimum absolute atomic E-state index is 0.335. The lowest BCUT2D eigenvalue weighted by Gasteiger charge is -2.41. The van der Waals surface area contributed by atoms with E-state index in [1.165, 1.54) is 5.56 Å². The lowest BCUT2D eigenvalue weighted by Crippen LogP contribution is -2.48. The van der Waals surface area contributed by atoms with Crippen LogP contribution in [0.25, 0.3) is 11.2 Å². The average Bonchev–Trinajstić information content (AvgIpc) is 2.62. The summed E-state index contributed by atoms with van der Waals surface area (Å²) in [7, 11) is 0. The lowest BCUT2D eigenvalue weighted by atomic mass is 9.94. The molecular weight excluding hydrogens is 288 g/mol. The van der Waals surface area contributed by atoms with Gasteiger partial charge in [-0.2, -0.15) is 0 Å². The van der Waals surface area contributed by atoms with E-state index in [2.05, 4.69) is 38.9 Å². The molecule has 5 nitrogen and oxygen atoms in total. The van der Waals surface area contributed by atoms with Gasteiger partial charge in [-0.25, -0.2) is 9.97 Å². The number of morpholine rings is 1. The number of nitrogens with zero attached hydrogens (tertiary/aromatic N) is 4. The molecule has 0 saturated carbocycles.